The smallest absolute Gasteiger partial charge is 0.347 e. The average Bonchev–Trinajstić information content (AvgIpc) is 2.71. The van der Waals surface area contributed by atoms with Crippen molar-refractivity contribution >= 4 is 12.0 Å². The minimum Gasteiger partial charge on any atom is -0.506 e. The number of H-pyrrole nitrogens is 1. The quantitative estimate of drug-likeness (QED) is 0.665. The van der Waals surface area contributed by atoms with Gasteiger partial charge in [-0.25, -0.2) is 4.79 Å². The fraction of sp³-hybridized carbons (Fsp3) is 0.391. The van der Waals surface area contributed by atoms with E-state index in [9.17, 15) is 14.7 Å². The number of carbonyl (C=O) groups excluding carboxylic acids is 1. The second kappa shape index (κ2) is 12.5. The molecule has 0 saturated carbocycles. The zero-order chi connectivity index (χ0) is 21.9. The molecule has 2 N–H and O–H groups in total. The monoisotopic (exact) mass is 387 g/mol. The van der Waals surface area contributed by atoms with Crippen LogP contribution in [0.3, 0.4) is 0 Å². The van der Waals surface area contributed by atoms with E-state index in [1.165, 1.54) is 0 Å². The molecule has 1 aromatic heterocycles. The molecule has 0 spiro atoms. The molecule has 0 aliphatic carbocycles. The van der Waals surface area contributed by atoms with Crippen molar-refractivity contribution in [2.24, 2.45) is 0 Å². The molecule has 0 unspecified atom stereocenters. The van der Waals surface area contributed by atoms with Crippen molar-refractivity contribution in [3.63, 3.8) is 0 Å². The number of carbonyl (C=O) groups is 1. The van der Waals surface area contributed by atoms with Crippen LogP contribution < -0.4 is 5.56 Å². The van der Waals surface area contributed by atoms with Crippen molar-refractivity contribution < 1.29 is 14.6 Å². The Morgan fingerprint density at radius 2 is 1.82 bits per heavy atom. The Labute approximate surface area is 168 Å². The summed E-state index contributed by atoms with van der Waals surface area (Å²) in [5.74, 6) is -1.15. The second-order valence-electron chi connectivity index (χ2n) is 5.38. The van der Waals surface area contributed by atoms with Gasteiger partial charge in [0.15, 0.2) is 5.56 Å². The van der Waals surface area contributed by atoms with Crippen LogP contribution in [0.2, 0.25) is 0 Å². The highest BCUT2D eigenvalue weighted by atomic mass is 16.5. The number of aromatic nitrogens is 1. The minimum absolute atomic E-state index is 0.127. The molecule has 154 valence electrons. The topological polar surface area (TPSA) is 79.4 Å². The lowest BCUT2D eigenvalue weighted by atomic mass is 9.97. The van der Waals surface area contributed by atoms with Crippen LogP contribution in [0.25, 0.3) is 17.3 Å². The number of aromatic amines is 1. The van der Waals surface area contributed by atoms with Gasteiger partial charge < -0.3 is 14.8 Å². The van der Waals surface area contributed by atoms with Crippen molar-refractivity contribution in [1.82, 2.24) is 4.98 Å². The summed E-state index contributed by atoms with van der Waals surface area (Å²) in [6.07, 6.45) is 2.18. The Bertz CT molecular complexity index is 850. The highest BCUT2D eigenvalue weighted by Crippen LogP contribution is 2.31. The van der Waals surface area contributed by atoms with Crippen LogP contribution in [0, 0.1) is 6.92 Å². The lowest BCUT2D eigenvalue weighted by Crippen LogP contribution is -2.22. The first kappa shape index (κ1) is 25.2. The maximum atomic E-state index is 12.3. The van der Waals surface area contributed by atoms with E-state index in [-0.39, 0.29) is 17.9 Å². The molecule has 28 heavy (non-hydrogen) atoms. The molecule has 1 heterocycles. The third-order valence-corrected chi connectivity index (χ3v) is 3.91. The fourth-order valence-corrected chi connectivity index (χ4v) is 2.63. The molecule has 5 heteroatoms. The summed E-state index contributed by atoms with van der Waals surface area (Å²) in [6, 6.07) is 5.66. The van der Waals surface area contributed by atoms with Crippen LogP contribution in [0.15, 0.2) is 29.6 Å². The maximum absolute atomic E-state index is 12.3. The van der Waals surface area contributed by atoms with Crippen LogP contribution in [-0.4, -0.2) is 22.7 Å². The van der Waals surface area contributed by atoms with Crippen LogP contribution in [0.4, 0.5) is 0 Å². The van der Waals surface area contributed by atoms with Crippen LogP contribution in [0.1, 0.15) is 68.6 Å². The van der Waals surface area contributed by atoms with Gasteiger partial charge in [0, 0.05) is 5.56 Å². The summed E-state index contributed by atoms with van der Waals surface area (Å²) in [4.78, 5) is 26.9. The van der Waals surface area contributed by atoms with E-state index in [4.69, 9.17) is 4.74 Å². The fourth-order valence-electron chi connectivity index (χ4n) is 2.63. The van der Waals surface area contributed by atoms with Crippen molar-refractivity contribution in [2.45, 2.75) is 54.9 Å². The molecule has 0 atom stereocenters. The summed E-state index contributed by atoms with van der Waals surface area (Å²) < 4.78 is 4.85. The molecule has 5 nitrogen and oxygen atoms in total. The standard InChI is InChI=1S/C19H21NO4.2C2H6/c1-5-12-10-13(9-8-11(12)4)16-14(6-2)17(21)15(18(22)20-16)19(23)24-7-3;2*1-2/h5,8-10H,1,6-7H2,2-4H3,(H2,20,21,22);2*1-2H3. The summed E-state index contributed by atoms with van der Waals surface area (Å²) >= 11 is 0. The summed E-state index contributed by atoms with van der Waals surface area (Å²) in [7, 11) is 0. The van der Waals surface area contributed by atoms with E-state index >= 15 is 0 Å². The Kier molecular flexibility index (Phi) is 11.3. The van der Waals surface area contributed by atoms with E-state index in [0.29, 0.717) is 17.7 Å². The summed E-state index contributed by atoms with van der Waals surface area (Å²) in [6.45, 7) is 17.4. The normalized spacial score (nSPS) is 9.39. The highest BCUT2D eigenvalue weighted by Gasteiger charge is 2.23. The molecular formula is C23H33NO4. The third-order valence-electron chi connectivity index (χ3n) is 3.91. The first-order valence-corrected chi connectivity index (χ1v) is 9.83. The summed E-state index contributed by atoms with van der Waals surface area (Å²) in [5, 5.41) is 10.4. The maximum Gasteiger partial charge on any atom is 0.347 e. The molecule has 0 fully saturated rings. The second-order valence-corrected chi connectivity index (χ2v) is 5.38. The van der Waals surface area contributed by atoms with Crippen molar-refractivity contribution in [2.75, 3.05) is 6.61 Å². The molecule has 2 rings (SSSR count). The van der Waals surface area contributed by atoms with Crippen molar-refractivity contribution in [1.29, 1.82) is 0 Å². The largest absolute Gasteiger partial charge is 0.506 e. The predicted octanol–water partition coefficient (Wildman–Crippen LogP) is 5.49. The number of benzene rings is 1. The Morgan fingerprint density at radius 1 is 1.21 bits per heavy atom. The van der Waals surface area contributed by atoms with Gasteiger partial charge in [0.05, 0.1) is 12.3 Å². The zero-order valence-electron chi connectivity index (χ0n) is 18.1. The van der Waals surface area contributed by atoms with Gasteiger partial charge in [0.25, 0.3) is 5.56 Å². The predicted molar refractivity (Wildman–Crippen MR) is 117 cm³/mol. The number of pyridine rings is 1. The van der Waals surface area contributed by atoms with E-state index in [1.54, 1.807) is 13.0 Å². The Balaban J connectivity index is 0.00000171. The lowest BCUT2D eigenvalue weighted by molar-refractivity contribution is 0.0520. The number of hydrogen-bond donors (Lipinski definition) is 2. The van der Waals surface area contributed by atoms with Crippen molar-refractivity contribution in [3.8, 4) is 17.0 Å². The van der Waals surface area contributed by atoms with Gasteiger partial charge in [-0.15, -0.1) is 0 Å². The van der Waals surface area contributed by atoms with E-state index in [0.717, 1.165) is 16.7 Å². The van der Waals surface area contributed by atoms with E-state index < -0.39 is 11.5 Å². The number of rotatable bonds is 5. The van der Waals surface area contributed by atoms with Crippen molar-refractivity contribution in [3.05, 3.63) is 57.4 Å². The van der Waals surface area contributed by atoms with Crippen LogP contribution in [0.5, 0.6) is 5.75 Å². The first-order valence-electron chi connectivity index (χ1n) is 9.83. The van der Waals surface area contributed by atoms with Gasteiger partial charge in [0.1, 0.15) is 5.75 Å². The molecule has 1 aromatic carbocycles. The van der Waals surface area contributed by atoms with Gasteiger partial charge in [-0.1, -0.05) is 59.4 Å². The lowest BCUT2D eigenvalue weighted by Gasteiger charge is -2.14. The molecule has 0 aliphatic rings. The van der Waals surface area contributed by atoms with E-state index in [1.807, 2.05) is 59.7 Å². The van der Waals surface area contributed by atoms with Gasteiger partial charge in [-0.3, -0.25) is 4.79 Å². The Morgan fingerprint density at radius 3 is 2.32 bits per heavy atom. The number of nitrogens with one attached hydrogen (secondary N) is 1. The minimum atomic E-state index is -0.826. The SMILES string of the molecule is C=Cc1cc(-c2[nH]c(=O)c(C(=O)OCC)c(O)c2CC)ccc1C.CC.CC. The van der Waals surface area contributed by atoms with Crippen LogP contribution in [-0.2, 0) is 11.2 Å². The van der Waals surface area contributed by atoms with Gasteiger partial charge in [0.2, 0.25) is 0 Å². The molecular weight excluding hydrogens is 354 g/mol. The molecule has 0 saturated heterocycles. The number of ether oxygens (including phenoxy) is 1. The van der Waals surface area contributed by atoms with Gasteiger partial charge >= 0.3 is 5.97 Å². The van der Waals surface area contributed by atoms with Crippen LogP contribution >= 0.6 is 0 Å². The molecule has 2 aromatic rings. The third kappa shape index (κ3) is 5.59. The summed E-state index contributed by atoms with van der Waals surface area (Å²) in [5.41, 5.74) is 2.71. The number of aromatic hydroxyl groups is 1. The molecule has 0 bridgehead atoms. The molecule has 0 radical (unpaired) electrons. The van der Waals surface area contributed by atoms with E-state index in [2.05, 4.69) is 11.6 Å². The highest BCUT2D eigenvalue weighted by molar-refractivity contribution is 5.93. The molecule has 0 amide bonds. The first-order chi connectivity index (χ1) is 13.4. The average molecular weight is 388 g/mol. The van der Waals surface area contributed by atoms with Gasteiger partial charge in [-0.2, -0.15) is 0 Å². The van der Waals surface area contributed by atoms with Gasteiger partial charge in [-0.05, 0) is 43.0 Å². The zero-order valence-corrected chi connectivity index (χ0v) is 18.1. The number of hydrogen-bond acceptors (Lipinski definition) is 4. The Hall–Kier alpha value is -2.82. The molecule has 0 aliphatic heterocycles. The number of esters is 1. The number of aryl methyl sites for hydroxylation is 1.